The Morgan fingerprint density at radius 1 is 1.28 bits per heavy atom. The lowest BCUT2D eigenvalue weighted by Gasteiger charge is -2.17. The molecule has 2 aromatic rings. The zero-order valence-electron chi connectivity index (χ0n) is 13.1. The van der Waals surface area contributed by atoms with Crippen molar-refractivity contribution in [3.8, 4) is 11.6 Å². The molecule has 3 heterocycles. The van der Waals surface area contributed by atoms with Gasteiger partial charge in [0.05, 0.1) is 12.7 Å². The molecule has 0 bridgehead atoms. The number of rotatable bonds is 5. The highest BCUT2D eigenvalue weighted by Crippen LogP contribution is 2.18. The summed E-state index contributed by atoms with van der Waals surface area (Å²) >= 11 is 0. The Kier molecular flexibility index (Phi) is 5.22. The first-order chi connectivity index (χ1) is 12.1. The topological polar surface area (TPSA) is 76.6 Å². The second-order valence-electron chi connectivity index (χ2n) is 5.33. The SMILES string of the molecule is O=C(Nc1ccc(OC(F)F)cn1)N1CCC(Oc2ccccn2)C1. The molecular formula is C16H16F2N4O3. The van der Waals surface area contributed by atoms with Crippen molar-refractivity contribution in [2.75, 3.05) is 18.4 Å². The molecule has 1 saturated heterocycles. The average molecular weight is 350 g/mol. The Bertz CT molecular complexity index is 700. The molecule has 132 valence electrons. The van der Waals surface area contributed by atoms with E-state index in [0.717, 1.165) is 6.20 Å². The maximum Gasteiger partial charge on any atom is 0.387 e. The van der Waals surface area contributed by atoms with Crippen molar-refractivity contribution in [1.29, 1.82) is 0 Å². The monoisotopic (exact) mass is 350 g/mol. The van der Waals surface area contributed by atoms with Crippen LogP contribution >= 0.6 is 0 Å². The third-order valence-electron chi connectivity index (χ3n) is 3.55. The van der Waals surface area contributed by atoms with Crippen molar-refractivity contribution >= 4 is 11.8 Å². The van der Waals surface area contributed by atoms with Crippen LogP contribution in [0.5, 0.6) is 11.6 Å². The summed E-state index contributed by atoms with van der Waals surface area (Å²) in [5.41, 5.74) is 0. The highest BCUT2D eigenvalue weighted by atomic mass is 19.3. The molecule has 2 amide bonds. The predicted molar refractivity (Wildman–Crippen MR) is 84.7 cm³/mol. The lowest BCUT2D eigenvalue weighted by Crippen LogP contribution is -2.34. The summed E-state index contributed by atoms with van der Waals surface area (Å²) in [4.78, 5) is 21.8. The Labute approximate surface area is 142 Å². The van der Waals surface area contributed by atoms with Crippen LogP contribution in [0.3, 0.4) is 0 Å². The van der Waals surface area contributed by atoms with Gasteiger partial charge < -0.3 is 14.4 Å². The summed E-state index contributed by atoms with van der Waals surface area (Å²) < 4.78 is 34.1. The van der Waals surface area contributed by atoms with E-state index in [9.17, 15) is 13.6 Å². The number of carbonyl (C=O) groups excluding carboxylic acids is 1. The van der Waals surface area contributed by atoms with E-state index in [4.69, 9.17) is 4.74 Å². The summed E-state index contributed by atoms with van der Waals surface area (Å²) in [5.74, 6) is 0.699. The van der Waals surface area contributed by atoms with Gasteiger partial charge in [-0.05, 0) is 18.2 Å². The van der Waals surface area contributed by atoms with Gasteiger partial charge in [0.2, 0.25) is 5.88 Å². The van der Waals surface area contributed by atoms with Crippen LogP contribution in [0.15, 0.2) is 42.7 Å². The number of halogens is 2. The van der Waals surface area contributed by atoms with Crippen LogP contribution in [-0.4, -0.2) is 46.7 Å². The number of hydrogen-bond acceptors (Lipinski definition) is 5. The number of ether oxygens (including phenoxy) is 2. The van der Waals surface area contributed by atoms with Gasteiger partial charge in [-0.25, -0.2) is 14.8 Å². The minimum absolute atomic E-state index is 0.0713. The van der Waals surface area contributed by atoms with E-state index < -0.39 is 6.61 Å². The average Bonchev–Trinajstić information content (AvgIpc) is 3.06. The number of hydrogen-bond donors (Lipinski definition) is 1. The van der Waals surface area contributed by atoms with E-state index in [0.29, 0.717) is 25.4 Å². The van der Waals surface area contributed by atoms with Crippen molar-refractivity contribution in [1.82, 2.24) is 14.9 Å². The van der Waals surface area contributed by atoms with E-state index in [-0.39, 0.29) is 23.7 Å². The minimum atomic E-state index is -2.91. The third kappa shape index (κ3) is 4.75. The number of alkyl halides is 2. The fourth-order valence-electron chi connectivity index (χ4n) is 2.41. The Hall–Kier alpha value is -2.97. The molecule has 0 spiro atoms. The second-order valence-corrected chi connectivity index (χ2v) is 5.33. The molecule has 1 atom stereocenters. The Balaban J connectivity index is 1.50. The smallest absolute Gasteiger partial charge is 0.387 e. The van der Waals surface area contributed by atoms with Crippen molar-refractivity contribution in [2.45, 2.75) is 19.1 Å². The van der Waals surface area contributed by atoms with Crippen LogP contribution in [0, 0.1) is 0 Å². The van der Waals surface area contributed by atoms with Crippen LogP contribution in [-0.2, 0) is 0 Å². The molecule has 0 aliphatic carbocycles. The van der Waals surface area contributed by atoms with Gasteiger partial charge in [-0.3, -0.25) is 5.32 Å². The summed E-state index contributed by atoms with van der Waals surface area (Å²) in [6.07, 6.45) is 3.33. The zero-order chi connectivity index (χ0) is 17.6. The van der Waals surface area contributed by atoms with E-state index in [1.54, 1.807) is 23.2 Å². The van der Waals surface area contributed by atoms with Crippen LogP contribution in [0.1, 0.15) is 6.42 Å². The largest absolute Gasteiger partial charge is 0.472 e. The third-order valence-corrected chi connectivity index (χ3v) is 3.55. The maximum atomic E-state index is 12.2. The van der Waals surface area contributed by atoms with Gasteiger partial charge in [0.15, 0.2) is 0 Å². The van der Waals surface area contributed by atoms with Gasteiger partial charge >= 0.3 is 12.6 Å². The second kappa shape index (κ2) is 7.73. The molecule has 1 aliphatic heterocycles. The fraction of sp³-hybridized carbons (Fsp3) is 0.312. The first kappa shape index (κ1) is 16.9. The number of amides is 2. The van der Waals surface area contributed by atoms with Gasteiger partial charge in [0.1, 0.15) is 17.7 Å². The number of anilines is 1. The number of aromatic nitrogens is 2. The molecule has 1 unspecified atom stereocenters. The van der Waals surface area contributed by atoms with Crippen LogP contribution in [0.25, 0.3) is 0 Å². The summed E-state index contributed by atoms with van der Waals surface area (Å²) in [7, 11) is 0. The highest BCUT2D eigenvalue weighted by molar-refractivity contribution is 5.88. The molecule has 1 fully saturated rings. The van der Waals surface area contributed by atoms with Gasteiger partial charge in [-0.1, -0.05) is 6.07 Å². The van der Waals surface area contributed by atoms with Gasteiger partial charge in [-0.15, -0.1) is 0 Å². The van der Waals surface area contributed by atoms with Crippen molar-refractivity contribution in [3.05, 3.63) is 42.7 Å². The molecule has 0 saturated carbocycles. The molecule has 7 nitrogen and oxygen atoms in total. The molecule has 1 aliphatic rings. The first-order valence-electron chi connectivity index (χ1n) is 7.64. The highest BCUT2D eigenvalue weighted by Gasteiger charge is 2.28. The number of nitrogens with one attached hydrogen (secondary N) is 1. The molecule has 25 heavy (non-hydrogen) atoms. The van der Waals surface area contributed by atoms with Crippen LogP contribution in [0.2, 0.25) is 0 Å². The zero-order valence-corrected chi connectivity index (χ0v) is 13.1. The van der Waals surface area contributed by atoms with E-state index in [2.05, 4.69) is 20.0 Å². The normalized spacial score (nSPS) is 16.8. The van der Waals surface area contributed by atoms with Gasteiger partial charge in [0, 0.05) is 25.2 Å². The van der Waals surface area contributed by atoms with E-state index in [1.165, 1.54) is 12.1 Å². The summed E-state index contributed by atoms with van der Waals surface area (Å²) in [6, 6.07) is 7.76. The maximum absolute atomic E-state index is 12.2. The molecule has 1 N–H and O–H groups in total. The molecular weight excluding hydrogens is 334 g/mol. The number of urea groups is 1. The van der Waals surface area contributed by atoms with Crippen molar-refractivity contribution in [3.63, 3.8) is 0 Å². The number of pyridine rings is 2. The Morgan fingerprint density at radius 2 is 2.16 bits per heavy atom. The molecule has 2 aromatic heterocycles. The molecule has 0 radical (unpaired) electrons. The van der Waals surface area contributed by atoms with Crippen LogP contribution in [0.4, 0.5) is 19.4 Å². The van der Waals surface area contributed by atoms with E-state index >= 15 is 0 Å². The number of likely N-dealkylation sites (tertiary alicyclic amines) is 1. The molecule has 3 rings (SSSR count). The van der Waals surface area contributed by atoms with Crippen molar-refractivity contribution < 1.29 is 23.0 Å². The number of carbonyl (C=O) groups is 1. The quantitative estimate of drug-likeness (QED) is 0.897. The number of nitrogens with zero attached hydrogens (tertiary/aromatic N) is 3. The lowest BCUT2D eigenvalue weighted by atomic mass is 10.3. The summed E-state index contributed by atoms with van der Waals surface area (Å²) in [5, 5.41) is 2.61. The van der Waals surface area contributed by atoms with Gasteiger partial charge in [-0.2, -0.15) is 8.78 Å². The van der Waals surface area contributed by atoms with E-state index in [1.807, 2.05) is 6.07 Å². The van der Waals surface area contributed by atoms with Crippen LogP contribution < -0.4 is 14.8 Å². The fourth-order valence-corrected chi connectivity index (χ4v) is 2.41. The minimum Gasteiger partial charge on any atom is -0.472 e. The standard InChI is InChI=1S/C16H16F2N4O3/c17-15(18)25-11-4-5-13(20-9-11)21-16(23)22-8-6-12(10-22)24-14-3-1-2-7-19-14/h1-5,7,9,12,15H,6,8,10H2,(H,20,21,23). The van der Waals surface area contributed by atoms with Crippen molar-refractivity contribution in [2.24, 2.45) is 0 Å². The lowest BCUT2D eigenvalue weighted by molar-refractivity contribution is -0.0500. The molecule has 9 heteroatoms. The predicted octanol–water partition coefficient (Wildman–Crippen LogP) is 2.76. The molecule has 0 aromatic carbocycles. The van der Waals surface area contributed by atoms with Gasteiger partial charge in [0.25, 0.3) is 0 Å². The summed E-state index contributed by atoms with van der Waals surface area (Å²) in [6.45, 7) is -1.95. The Morgan fingerprint density at radius 3 is 2.84 bits per heavy atom. The first-order valence-corrected chi connectivity index (χ1v) is 7.64.